The second-order valence-corrected chi connectivity index (χ2v) is 7.10. The van der Waals surface area contributed by atoms with Gasteiger partial charge < -0.3 is 10.2 Å². The molecule has 0 aliphatic carbocycles. The molecular weight excluding hydrogens is 266 g/mol. The number of carbonyl (C=O) groups is 1. The van der Waals surface area contributed by atoms with Crippen LogP contribution >= 0.6 is 0 Å². The van der Waals surface area contributed by atoms with Crippen molar-refractivity contribution in [2.24, 2.45) is 5.92 Å². The lowest BCUT2D eigenvalue weighted by Gasteiger charge is -2.30. The number of carbonyl (C=O) groups excluding carboxylic acids is 1. The summed E-state index contributed by atoms with van der Waals surface area (Å²) in [5.41, 5.74) is 0.911. The Morgan fingerprint density at radius 2 is 2.24 bits per heavy atom. The smallest absolute Gasteiger partial charge is 0.244 e. The molecule has 1 N–H and O–H groups in total. The largest absolute Gasteiger partial charge is 0.341 e. The monoisotopic (exact) mass is 293 g/mol. The van der Waals surface area contributed by atoms with Crippen LogP contribution in [0.25, 0.3) is 0 Å². The summed E-state index contributed by atoms with van der Waals surface area (Å²) < 4.78 is 1.64. The summed E-state index contributed by atoms with van der Waals surface area (Å²) in [7, 11) is 0. The van der Waals surface area contributed by atoms with Gasteiger partial charge >= 0.3 is 0 Å². The van der Waals surface area contributed by atoms with Crippen LogP contribution in [-0.4, -0.2) is 44.4 Å². The van der Waals surface area contributed by atoms with Gasteiger partial charge in [-0.05, 0) is 39.5 Å². The summed E-state index contributed by atoms with van der Waals surface area (Å²) in [6.07, 6.45) is 4.17. The van der Waals surface area contributed by atoms with E-state index >= 15 is 0 Å². The van der Waals surface area contributed by atoms with Gasteiger partial charge in [-0.15, -0.1) is 5.10 Å². The summed E-state index contributed by atoms with van der Waals surface area (Å²) in [6, 6.07) is 0. The zero-order valence-electron chi connectivity index (χ0n) is 13.6. The first kappa shape index (κ1) is 15.9. The summed E-state index contributed by atoms with van der Waals surface area (Å²) in [5, 5.41) is 11.5. The molecule has 21 heavy (non-hydrogen) atoms. The Labute approximate surface area is 126 Å². The maximum absolute atomic E-state index is 12.3. The average molecular weight is 293 g/mol. The Bertz CT molecular complexity index is 477. The topological polar surface area (TPSA) is 63.1 Å². The fraction of sp³-hybridized carbons (Fsp3) is 0.800. The molecule has 1 aliphatic heterocycles. The number of nitrogens with one attached hydrogen (secondary N) is 1. The lowest BCUT2D eigenvalue weighted by Crippen LogP contribution is -2.40. The first-order valence-corrected chi connectivity index (χ1v) is 7.75. The van der Waals surface area contributed by atoms with Crippen molar-refractivity contribution >= 4 is 5.91 Å². The normalized spacial score (nSPS) is 19.8. The van der Waals surface area contributed by atoms with Crippen molar-refractivity contribution in [3.05, 3.63) is 11.9 Å². The van der Waals surface area contributed by atoms with Crippen LogP contribution in [0.15, 0.2) is 6.20 Å². The standard InChI is InChI=1S/C15H27N5O/c1-12-6-5-7-19(9-12)14(21)11-20-10-13(17-18-20)8-16-15(2,3)4/h10,12,16H,5-9,11H2,1-4H3. The molecule has 1 aromatic rings. The second-order valence-electron chi connectivity index (χ2n) is 7.10. The zero-order valence-corrected chi connectivity index (χ0v) is 13.6. The van der Waals surface area contributed by atoms with Gasteiger partial charge in [0.1, 0.15) is 6.54 Å². The minimum Gasteiger partial charge on any atom is -0.341 e. The van der Waals surface area contributed by atoms with Crippen LogP contribution in [0.5, 0.6) is 0 Å². The SMILES string of the molecule is CC1CCCN(C(=O)Cn2cc(CNC(C)(C)C)nn2)C1. The third kappa shape index (κ3) is 5.12. The molecule has 0 saturated carbocycles. The first-order chi connectivity index (χ1) is 9.83. The van der Waals surface area contributed by atoms with Crippen LogP contribution in [0.4, 0.5) is 0 Å². The maximum atomic E-state index is 12.3. The third-order valence-electron chi connectivity index (χ3n) is 3.69. The highest BCUT2D eigenvalue weighted by Crippen LogP contribution is 2.15. The Balaban J connectivity index is 1.85. The highest BCUT2D eigenvalue weighted by molar-refractivity contribution is 5.76. The molecule has 6 nitrogen and oxygen atoms in total. The molecule has 2 heterocycles. The van der Waals surface area contributed by atoms with Gasteiger partial charge in [-0.1, -0.05) is 12.1 Å². The van der Waals surface area contributed by atoms with Gasteiger partial charge in [0, 0.05) is 25.2 Å². The lowest BCUT2D eigenvalue weighted by molar-refractivity contribution is -0.133. The van der Waals surface area contributed by atoms with Crippen LogP contribution in [0.2, 0.25) is 0 Å². The predicted molar refractivity (Wildman–Crippen MR) is 81.6 cm³/mol. The molecule has 0 aromatic carbocycles. The minimum atomic E-state index is 0.0452. The first-order valence-electron chi connectivity index (χ1n) is 7.75. The van der Waals surface area contributed by atoms with E-state index in [2.05, 4.69) is 43.3 Å². The van der Waals surface area contributed by atoms with Gasteiger partial charge in [-0.2, -0.15) is 0 Å². The van der Waals surface area contributed by atoms with Crippen LogP contribution in [0.1, 0.15) is 46.2 Å². The molecule has 6 heteroatoms. The summed E-state index contributed by atoms with van der Waals surface area (Å²) in [4.78, 5) is 14.2. The zero-order chi connectivity index (χ0) is 15.5. The summed E-state index contributed by atoms with van der Waals surface area (Å²) >= 11 is 0. The van der Waals surface area contributed by atoms with E-state index in [4.69, 9.17) is 0 Å². The Morgan fingerprint density at radius 3 is 2.90 bits per heavy atom. The van der Waals surface area contributed by atoms with Crippen LogP contribution in [-0.2, 0) is 17.9 Å². The molecule has 1 fully saturated rings. The second kappa shape index (κ2) is 6.56. The highest BCUT2D eigenvalue weighted by Gasteiger charge is 2.21. The van der Waals surface area contributed by atoms with E-state index in [9.17, 15) is 4.79 Å². The van der Waals surface area contributed by atoms with Crippen LogP contribution < -0.4 is 5.32 Å². The molecular formula is C15H27N5O. The van der Waals surface area contributed by atoms with Gasteiger partial charge in [0.15, 0.2) is 0 Å². The minimum absolute atomic E-state index is 0.0452. The summed E-state index contributed by atoms with van der Waals surface area (Å²) in [6.45, 7) is 11.2. The van der Waals surface area contributed by atoms with Gasteiger partial charge in [-0.25, -0.2) is 4.68 Å². The number of aromatic nitrogens is 3. The fourth-order valence-corrected chi connectivity index (χ4v) is 2.51. The molecule has 1 unspecified atom stereocenters. The fourth-order valence-electron chi connectivity index (χ4n) is 2.51. The van der Waals surface area contributed by atoms with E-state index in [1.807, 2.05) is 11.1 Å². The van der Waals surface area contributed by atoms with Crippen molar-refractivity contribution in [1.29, 1.82) is 0 Å². The van der Waals surface area contributed by atoms with E-state index in [0.717, 1.165) is 25.2 Å². The van der Waals surface area contributed by atoms with Crippen molar-refractivity contribution < 1.29 is 4.79 Å². The van der Waals surface area contributed by atoms with Crippen molar-refractivity contribution in [1.82, 2.24) is 25.2 Å². The van der Waals surface area contributed by atoms with Gasteiger partial charge in [-0.3, -0.25) is 4.79 Å². The molecule has 0 bridgehead atoms. The average Bonchev–Trinajstić information content (AvgIpc) is 2.83. The van der Waals surface area contributed by atoms with Crippen LogP contribution in [0.3, 0.4) is 0 Å². The van der Waals surface area contributed by atoms with E-state index in [-0.39, 0.29) is 18.0 Å². The van der Waals surface area contributed by atoms with E-state index in [1.165, 1.54) is 6.42 Å². The number of hydrogen-bond acceptors (Lipinski definition) is 4. The molecule has 1 saturated heterocycles. The van der Waals surface area contributed by atoms with Crippen molar-refractivity contribution in [2.45, 2.75) is 59.2 Å². The highest BCUT2D eigenvalue weighted by atomic mass is 16.2. The molecule has 0 spiro atoms. The number of amides is 1. The van der Waals surface area contributed by atoms with Crippen LogP contribution in [0, 0.1) is 5.92 Å². The molecule has 118 valence electrons. The van der Waals surface area contributed by atoms with Crippen molar-refractivity contribution in [3.8, 4) is 0 Å². The molecule has 0 radical (unpaired) electrons. The molecule has 2 rings (SSSR count). The third-order valence-corrected chi connectivity index (χ3v) is 3.69. The number of hydrogen-bond donors (Lipinski definition) is 1. The van der Waals surface area contributed by atoms with E-state index < -0.39 is 0 Å². The Hall–Kier alpha value is -1.43. The van der Waals surface area contributed by atoms with Crippen molar-refractivity contribution in [3.63, 3.8) is 0 Å². The Morgan fingerprint density at radius 1 is 1.48 bits per heavy atom. The number of piperidine rings is 1. The van der Waals surface area contributed by atoms with E-state index in [1.54, 1.807) is 4.68 Å². The number of rotatable bonds is 4. The molecule has 1 amide bonds. The number of nitrogens with zero attached hydrogens (tertiary/aromatic N) is 4. The van der Waals surface area contributed by atoms with Gasteiger partial charge in [0.25, 0.3) is 0 Å². The molecule has 1 aliphatic rings. The van der Waals surface area contributed by atoms with E-state index in [0.29, 0.717) is 12.5 Å². The Kier molecular flexibility index (Phi) is 4.98. The molecule has 1 atom stereocenters. The predicted octanol–water partition coefficient (Wildman–Crippen LogP) is 1.42. The number of likely N-dealkylation sites (tertiary alicyclic amines) is 1. The summed E-state index contributed by atoms with van der Waals surface area (Å²) in [5.74, 6) is 0.742. The maximum Gasteiger partial charge on any atom is 0.244 e. The lowest BCUT2D eigenvalue weighted by atomic mass is 10.0. The van der Waals surface area contributed by atoms with Crippen molar-refractivity contribution in [2.75, 3.05) is 13.1 Å². The van der Waals surface area contributed by atoms with Gasteiger partial charge in [0.05, 0.1) is 11.9 Å². The molecule has 1 aromatic heterocycles. The quantitative estimate of drug-likeness (QED) is 0.912. The van der Waals surface area contributed by atoms with Gasteiger partial charge in [0.2, 0.25) is 5.91 Å².